The van der Waals surface area contributed by atoms with Gasteiger partial charge in [-0.15, -0.1) is 0 Å². The molecule has 0 saturated carbocycles. The Bertz CT molecular complexity index is 112. The van der Waals surface area contributed by atoms with E-state index < -0.39 is 18.3 Å². The van der Waals surface area contributed by atoms with Crippen molar-refractivity contribution in [1.82, 2.24) is 0 Å². The van der Waals surface area contributed by atoms with Crippen LogP contribution >= 0.6 is 0 Å². The summed E-state index contributed by atoms with van der Waals surface area (Å²) in [7, 11) is 0. The molecule has 12 heavy (non-hydrogen) atoms. The van der Waals surface area contributed by atoms with E-state index >= 15 is 0 Å². The largest absolute Gasteiger partial charge is 0.391 e. The molecular weight excluding hydrogens is 160 g/mol. The molecule has 0 aromatic heterocycles. The molecule has 0 aromatic rings. The number of hydrogen-bond donors (Lipinski definition) is 3. The van der Waals surface area contributed by atoms with Crippen molar-refractivity contribution in [2.45, 2.75) is 46.0 Å². The van der Waals surface area contributed by atoms with Gasteiger partial charge in [0.2, 0.25) is 0 Å². The van der Waals surface area contributed by atoms with Gasteiger partial charge in [0.15, 0.2) is 5.78 Å². The van der Waals surface area contributed by atoms with E-state index in [0.29, 0.717) is 0 Å². The summed E-state index contributed by atoms with van der Waals surface area (Å²) in [5.74, 6) is -0.185. The van der Waals surface area contributed by atoms with Gasteiger partial charge in [-0.25, -0.2) is 0 Å². The number of aliphatic hydroxyl groups is 3. The Morgan fingerprint density at radius 1 is 1.00 bits per heavy atom. The van der Waals surface area contributed by atoms with E-state index in [-0.39, 0.29) is 5.78 Å². The number of aliphatic hydroxyl groups excluding tert-OH is 3. The molecular formula is C8H18O4. The van der Waals surface area contributed by atoms with Crippen LogP contribution in [0.15, 0.2) is 0 Å². The Kier molecular flexibility index (Phi) is 8.47. The minimum absolute atomic E-state index is 0.185. The van der Waals surface area contributed by atoms with Crippen LogP contribution in [0.5, 0.6) is 0 Å². The van der Waals surface area contributed by atoms with Gasteiger partial charge in [-0.05, 0) is 27.7 Å². The third kappa shape index (κ3) is 12.2. The maximum atomic E-state index is 9.89. The van der Waals surface area contributed by atoms with Crippen LogP contribution in [0.3, 0.4) is 0 Å². The second-order valence-corrected chi connectivity index (χ2v) is 2.77. The second-order valence-electron chi connectivity index (χ2n) is 2.77. The number of carbonyl (C=O) groups is 1. The summed E-state index contributed by atoms with van der Waals surface area (Å²) < 4.78 is 0. The summed E-state index contributed by atoms with van der Waals surface area (Å²) in [6, 6.07) is 0. The van der Waals surface area contributed by atoms with Gasteiger partial charge in [-0.2, -0.15) is 0 Å². The number of carbonyl (C=O) groups excluding carboxylic acids is 1. The Labute approximate surface area is 72.8 Å². The van der Waals surface area contributed by atoms with Gasteiger partial charge >= 0.3 is 0 Å². The molecule has 0 spiro atoms. The van der Waals surface area contributed by atoms with Crippen LogP contribution < -0.4 is 0 Å². The average molecular weight is 178 g/mol. The Hall–Kier alpha value is -0.450. The van der Waals surface area contributed by atoms with Crippen molar-refractivity contribution in [3.63, 3.8) is 0 Å². The summed E-state index contributed by atoms with van der Waals surface area (Å²) in [6.45, 7) is 5.89. The minimum atomic E-state index is -0.787. The molecule has 0 saturated heterocycles. The van der Waals surface area contributed by atoms with E-state index in [2.05, 4.69) is 0 Å². The maximum absolute atomic E-state index is 9.89. The van der Waals surface area contributed by atoms with Crippen LogP contribution in [0.1, 0.15) is 27.7 Å². The molecule has 4 heteroatoms. The van der Waals surface area contributed by atoms with Crippen LogP contribution in [-0.2, 0) is 4.79 Å². The Balaban J connectivity index is 0. The Morgan fingerprint density at radius 3 is 1.17 bits per heavy atom. The molecule has 0 amide bonds. The number of Topliss-reactive ketones (excluding diaryl/α,β-unsaturated/α-hetero) is 1. The maximum Gasteiger partial charge on any atom is 0.157 e. The Morgan fingerprint density at radius 2 is 1.17 bits per heavy atom. The lowest BCUT2D eigenvalue weighted by Gasteiger charge is -2.03. The van der Waals surface area contributed by atoms with E-state index in [4.69, 9.17) is 15.3 Å². The lowest BCUT2D eigenvalue weighted by atomic mass is 10.3. The fourth-order valence-electron chi connectivity index (χ4n) is 0. The predicted octanol–water partition coefficient (Wildman–Crippen LogP) is -0.296. The van der Waals surface area contributed by atoms with E-state index in [1.807, 2.05) is 0 Å². The third-order valence-corrected chi connectivity index (χ3v) is 1.29. The average Bonchev–Trinajstić information content (AvgIpc) is 1.88. The lowest BCUT2D eigenvalue weighted by molar-refractivity contribution is -0.124. The van der Waals surface area contributed by atoms with Crippen LogP contribution in [0.4, 0.5) is 0 Å². The first-order chi connectivity index (χ1) is 5.29. The standard InChI is InChI=1S/C4H10O2.C4H8O2/c2*1-3(5)4(2)6/h3-6H,1-2H3;3,5H,1-2H3. The zero-order chi connectivity index (χ0) is 10.3. The van der Waals surface area contributed by atoms with Gasteiger partial charge in [-0.1, -0.05) is 0 Å². The van der Waals surface area contributed by atoms with Crippen molar-refractivity contribution >= 4 is 5.78 Å². The van der Waals surface area contributed by atoms with E-state index in [0.717, 1.165) is 0 Å². The quantitative estimate of drug-likeness (QED) is 0.542. The molecule has 0 radical (unpaired) electrons. The molecule has 3 unspecified atom stereocenters. The first-order valence-corrected chi connectivity index (χ1v) is 3.83. The van der Waals surface area contributed by atoms with Crippen molar-refractivity contribution < 1.29 is 20.1 Å². The van der Waals surface area contributed by atoms with E-state index in [9.17, 15) is 4.79 Å². The van der Waals surface area contributed by atoms with Gasteiger partial charge in [0.05, 0.1) is 12.2 Å². The second kappa shape index (κ2) is 7.21. The summed E-state index contributed by atoms with van der Waals surface area (Å²) in [5.41, 5.74) is 0. The van der Waals surface area contributed by atoms with Crippen LogP contribution in [-0.4, -0.2) is 39.4 Å². The third-order valence-electron chi connectivity index (χ3n) is 1.29. The highest BCUT2D eigenvalue weighted by atomic mass is 16.3. The molecule has 0 heterocycles. The summed E-state index contributed by atoms with van der Waals surface area (Å²) in [4.78, 5) is 9.89. The predicted molar refractivity (Wildman–Crippen MR) is 45.7 cm³/mol. The number of hydrogen-bond acceptors (Lipinski definition) is 4. The lowest BCUT2D eigenvalue weighted by Crippen LogP contribution is -2.17. The molecule has 0 aliphatic rings. The summed E-state index contributed by atoms with van der Waals surface area (Å²) >= 11 is 0. The first kappa shape index (κ1) is 14.1. The molecule has 0 rings (SSSR count). The van der Waals surface area contributed by atoms with Gasteiger partial charge in [0.25, 0.3) is 0 Å². The molecule has 3 atom stereocenters. The van der Waals surface area contributed by atoms with Crippen molar-refractivity contribution in [3.05, 3.63) is 0 Å². The van der Waals surface area contributed by atoms with Crippen LogP contribution in [0.2, 0.25) is 0 Å². The van der Waals surface area contributed by atoms with Crippen molar-refractivity contribution in [3.8, 4) is 0 Å². The highest BCUT2D eigenvalue weighted by Gasteiger charge is 1.99. The van der Waals surface area contributed by atoms with Crippen molar-refractivity contribution in [2.24, 2.45) is 0 Å². The van der Waals surface area contributed by atoms with Crippen molar-refractivity contribution in [1.29, 1.82) is 0 Å². The summed E-state index contributed by atoms with van der Waals surface area (Å²) in [5, 5.41) is 25.0. The van der Waals surface area contributed by atoms with E-state index in [1.165, 1.54) is 13.8 Å². The molecule has 0 aliphatic carbocycles. The van der Waals surface area contributed by atoms with Crippen LogP contribution in [0, 0.1) is 0 Å². The molecule has 74 valence electrons. The first-order valence-electron chi connectivity index (χ1n) is 3.83. The van der Waals surface area contributed by atoms with Gasteiger partial charge in [0.1, 0.15) is 6.10 Å². The molecule has 0 aromatic carbocycles. The molecule has 4 nitrogen and oxygen atoms in total. The minimum Gasteiger partial charge on any atom is -0.391 e. The topological polar surface area (TPSA) is 77.8 Å². The number of rotatable bonds is 2. The highest BCUT2D eigenvalue weighted by Crippen LogP contribution is 1.85. The summed E-state index contributed by atoms with van der Waals surface area (Å²) in [6.07, 6.45) is -1.97. The van der Waals surface area contributed by atoms with Gasteiger partial charge in [-0.3, -0.25) is 4.79 Å². The van der Waals surface area contributed by atoms with Crippen LogP contribution in [0.25, 0.3) is 0 Å². The zero-order valence-corrected chi connectivity index (χ0v) is 7.98. The molecule has 0 aliphatic heterocycles. The molecule has 3 N–H and O–H groups in total. The normalized spacial score (nSPS) is 16.9. The monoisotopic (exact) mass is 178 g/mol. The number of ketones is 1. The van der Waals surface area contributed by atoms with Crippen molar-refractivity contribution in [2.75, 3.05) is 0 Å². The molecule has 0 bridgehead atoms. The van der Waals surface area contributed by atoms with E-state index in [1.54, 1.807) is 13.8 Å². The zero-order valence-electron chi connectivity index (χ0n) is 7.98. The van der Waals surface area contributed by atoms with Gasteiger partial charge < -0.3 is 15.3 Å². The SMILES string of the molecule is CC(=O)C(C)O.CC(O)C(C)O. The van der Waals surface area contributed by atoms with Gasteiger partial charge in [0, 0.05) is 0 Å². The molecule has 0 fully saturated rings. The fourth-order valence-corrected chi connectivity index (χ4v) is 0. The smallest absolute Gasteiger partial charge is 0.157 e. The fraction of sp³-hybridized carbons (Fsp3) is 0.875. The highest BCUT2D eigenvalue weighted by molar-refractivity contribution is 5.79.